The highest BCUT2D eigenvalue weighted by atomic mass is 19.4. The number of hydrogen-bond acceptors (Lipinski definition) is 3. The molecule has 1 aliphatic heterocycles. The van der Waals surface area contributed by atoms with Crippen LogP contribution >= 0.6 is 0 Å². The van der Waals surface area contributed by atoms with Gasteiger partial charge in [0.05, 0.1) is 17.9 Å². The van der Waals surface area contributed by atoms with Gasteiger partial charge < -0.3 is 15.4 Å². The van der Waals surface area contributed by atoms with Crippen molar-refractivity contribution in [2.75, 3.05) is 25.0 Å². The van der Waals surface area contributed by atoms with E-state index in [0.29, 0.717) is 6.61 Å². The predicted molar refractivity (Wildman–Crippen MR) is 76.8 cm³/mol. The van der Waals surface area contributed by atoms with Crippen molar-refractivity contribution in [1.29, 1.82) is 0 Å². The van der Waals surface area contributed by atoms with Crippen LogP contribution in [0.3, 0.4) is 0 Å². The maximum Gasteiger partial charge on any atom is 0.416 e. The molecule has 2 N–H and O–H groups in total. The number of halogens is 3. The second-order valence-electron chi connectivity index (χ2n) is 5.34. The first-order valence-electron chi connectivity index (χ1n) is 7.18. The van der Waals surface area contributed by atoms with Crippen molar-refractivity contribution >= 4 is 11.6 Å². The van der Waals surface area contributed by atoms with E-state index in [2.05, 4.69) is 10.6 Å². The normalized spacial score (nSPS) is 16.8. The van der Waals surface area contributed by atoms with Gasteiger partial charge in [-0.1, -0.05) is 6.92 Å². The van der Waals surface area contributed by atoms with E-state index < -0.39 is 11.7 Å². The lowest BCUT2D eigenvalue weighted by atomic mass is 9.88. The van der Waals surface area contributed by atoms with E-state index in [1.165, 1.54) is 6.07 Å². The Kier molecular flexibility index (Phi) is 4.95. The number of ether oxygens (including phenoxy) is 1. The van der Waals surface area contributed by atoms with E-state index in [1.54, 1.807) is 13.8 Å². The van der Waals surface area contributed by atoms with Crippen LogP contribution in [0.5, 0.6) is 5.75 Å². The molecule has 1 fully saturated rings. The molecule has 0 spiro atoms. The summed E-state index contributed by atoms with van der Waals surface area (Å²) >= 11 is 0. The zero-order chi connectivity index (χ0) is 16.3. The Morgan fingerprint density at radius 2 is 2.14 bits per heavy atom. The average Bonchev–Trinajstić information content (AvgIpc) is 2.37. The second-order valence-corrected chi connectivity index (χ2v) is 5.34. The smallest absolute Gasteiger partial charge is 0.416 e. The molecule has 22 heavy (non-hydrogen) atoms. The zero-order valence-electron chi connectivity index (χ0n) is 12.5. The first-order chi connectivity index (χ1) is 10.3. The third kappa shape index (κ3) is 3.71. The Labute approximate surface area is 127 Å². The van der Waals surface area contributed by atoms with E-state index in [-0.39, 0.29) is 29.2 Å². The molecule has 1 aromatic rings. The number of anilines is 1. The van der Waals surface area contributed by atoms with Gasteiger partial charge in [-0.05, 0) is 44.1 Å². The number of carbonyl (C=O) groups excluding carboxylic acids is 1. The van der Waals surface area contributed by atoms with Crippen molar-refractivity contribution in [1.82, 2.24) is 5.32 Å². The lowest BCUT2D eigenvalue weighted by molar-refractivity contribution is -0.137. The molecule has 1 heterocycles. The highest BCUT2D eigenvalue weighted by Gasteiger charge is 2.32. The monoisotopic (exact) mass is 316 g/mol. The van der Waals surface area contributed by atoms with Crippen LogP contribution in [0.4, 0.5) is 18.9 Å². The molecule has 0 aromatic heterocycles. The van der Waals surface area contributed by atoms with Gasteiger partial charge in [0.25, 0.3) is 0 Å². The van der Waals surface area contributed by atoms with Gasteiger partial charge in [0, 0.05) is 5.92 Å². The Morgan fingerprint density at radius 1 is 1.45 bits per heavy atom. The van der Waals surface area contributed by atoms with Crippen LogP contribution in [0.15, 0.2) is 18.2 Å². The van der Waals surface area contributed by atoms with Crippen molar-refractivity contribution in [3.05, 3.63) is 23.8 Å². The number of benzene rings is 1. The topological polar surface area (TPSA) is 50.4 Å². The summed E-state index contributed by atoms with van der Waals surface area (Å²) in [4.78, 5) is 12.2. The summed E-state index contributed by atoms with van der Waals surface area (Å²) in [7, 11) is 0. The van der Waals surface area contributed by atoms with Crippen LogP contribution in [0.2, 0.25) is 0 Å². The minimum Gasteiger partial charge on any atom is -0.492 e. The number of alkyl halides is 3. The lowest BCUT2D eigenvalue weighted by Gasteiger charge is -2.31. The van der Waals surface area contributed by atoms with Crippen LogP contribution in [0.25, 0.3) is 0 Å². The molecule has 0 radical (unpaired) electrons. The molecule has 4 nitrogen and oxygen atoms in total. The van der Waals surface area contributed by atoms with Gasteiger partial charge in [-0.25, -0.2) is 0 Å². The molecule has 0 saturated carbocycles. The van der Waals surface area contributed by atoms with Gasteiger partial charge >= 0.3 is 6.18 Å². The highest BCUT2D eigenvalue weighted by molar-refractivity contribution is 5.94. The summed E-state index contributed by atoms with van der Waals surface area (Å²) < 4.78 is 43.7. The number of rotatable bonds is 5. The van der Waals surface area contributed by atoms with Gasteiger partial charge in [-0.15, -0.1) is 0 Å². The van der Waals surface area contributed by atoms with E-state index in [4.69, 9.17) is 4.74 Å². The van der Waals surface area contributed by atoms with Gasteiger partial charge in [-0.3, -0.25) is 4.79 Å². The first kappa shape index (κ1) is 16.6. The Balaban J connectivity index is 2.20. The van der Waals surface area contributed by atoms with Crippen LogP contribution in [0, 0.1) is 11.8 Å². The van der Waals surface area contributed by atoms with Crippen molar-refractivity contribution < 1.29 is 22.7 Å². The Bertz CT molecular complexity index is 542. The number of amides is 1. The fraction of sp³-hybridized carbons (Fsp3) is 0.533. The van der Waals surface area contributed by atoms with Crippen LogP contribution < -0.4 is 15.4 Å². The second kappa shape index (κ2) is 6.56. The van der Waals surface area contributed by atoms with E-state index in [9.17, 15) is 18.0 Å². The van der Waals surface area contributed by atoms with E-state index in [0.717, 1.165) is 25.2 Å². The molecular weight excluding hydrogens is 297 g/mol. The third-order valence-electron chi connectivity index (χ3n) is 3.80. The molecule has 0 bridgehead atoms. The fourth-order valence-corrected chi connectivity index (χ4v) is 2.21. The van der Waals surface area contributed by atoms with Crippen molar-refractivity contribution in [3.63, 3.8) is 0 Å². The fourth-order valence-electron chi connectivity index (χ4n) is 2.21. The maximum absolute atomic E-state index is 12.8. The molecule has 1 aromatic carbocycles. The molecule has 1 aliphatic rings. The Morgan fingerprint density at radius 3 is 2.64 bits per heavy atom. The molecule has 2 rings (SSSR count). The summed E-state index contributed by atoms with van der Waals surface area (Å²) in [5.74, 6) is -0.124. The summed E-state index contributed by atoms with van der Waals surface area (Å²) in [5.41, 5.74) is -0.759. The molecular formula is C15H19F3N2O2. The van der Waals surface area contributed by atoms with Gasteiger partial charge in [0.1, 0.15) is 5.75 Å². The molecule has 1 unspecified atom stereocenters. The molecule has 0 aliphatic carbocycles. The summed E-state index contributed by atoms with van der Waals surface area (Å²) in [6, 6.07) is 3.09. The number of nitrogens with one attached hydrogen (secondary N) is 2. The average molecular weight is 316 g/mol. The Hall–Kier alpha value is -1.76. The molecule has 1 amide bonds. The summed E-state index contributed by atoms with van der Waals surface area (Å²) in [6.45, 7) is 5.29. The minimum absolute atomic E-state index is 0.0563. The van der Waals surface area contributed by atoms with Crippen LogP contribution in [-0.4, -0.2) is 25.6 Å². The lowest BCUT2D eigenvalue weighted by Crippen LogP contribution is -2.48. The third-order valence-corrected chi connectivity index (χ3v) is 3.80. The van der Waals surface area contributed by atoms with E-state index >= 15 is 0 Å². The van der Waals surface area contributed by atoms with Crippen LogP contribution in [-0.2, 0) is 11.0 Å². The largest absolute Gasteiger partial charge is 0.492 e. The van der Waals surface area contributed by atoms with Crippen molar-refractivity contribution in [3.8, 4) is 5.75 Å². The van der Waals surface area contributed by atoms with Gasteiger partial charge in [0.15, 0.2) is 0 Å². The number of carbonyl (C=O) groups is 1. The molecule has 1 saturated heterocycles. The quantitative estimate of drug-likeness (QED) is 0.878. The summed E-state index contributed by atoms with van der Waals surface area (Å²) in [5, 5.41) is 5.63. The molecule has 122 valence electrons. The number of hydrogen-bond donors (Lipinski definition) is 2. The first-order valence-corrected chi connectivity index (χ1v) is 7.18. The molecule has 1 atom stereocenters. The van der Waals surface area contributed by atoms with Crippen LogP contribution in [0.1, 0.15) is 19.4 Å². The minimum atomic E-state index is -4.46. The maximum atomic E-state index is 12.8. The zero-order valence-corrected chi connectivity index (χ0v) is 12.5. The standard InChI is InChI=1S/C15H19F3N2O2/c1-3-22-13-5-4-11(15(16,17)18)6-12(13)20-14(21)9(2)10-7-19-8-10/h4-6,9-10,19H,3,7-8H2,1-2H3,(H,20,21). The summed E-state index contributed by atoms with van der Waals surface area (Å²) in [6.07, 6.45) is -4.46. The highest BCUT2D eigenvalue weighted by Crippen LogP contribution is 2.35. The predicted octanol–water partition coefficient (Wildman–Crippen LogP) is 2.90. The van der Waals surface area contributed by atoms with Gasteiger partial charge in [0.2, 0.25) is 5.91 Å². The van der Waals surface area contributed by atoms with Crippen molar-refractivity contribution in [2.45, 2.75) is 20.0 Å². The van der Waals surface area contributed by atoms with Crippen molar-refractivity contribution in [2.24, 2.45) is 11.8 Å². The van der Waals surface area contributed by atoms with E-state index in [1.807, 2.05) is 0 Å². The SMILES string of the molecule is CCOc1ccc(C(F)(F)F)cc1NC(=O)C(C)C1CNC1. The van der Waals surface area contributed by atoms with Gasteiger partial charge in [-0.2, -0.15) is 13.2 Å². The molecule has 7 heteroatoms.